The molecule has 10 atom stereocenters. The number of benzene rings is 2. The summed E-state index contributed by atoms with van der Waals surface area (Å²) in [5.41, 5.74) is 1.46. The average molecular weight is 674 g/mol. The molecule has 12 heteroatoms. The number of nitrogens with one attached hydrogen (secondary N) is 1. The first kappa shape index (κ1) is 32.5. The topological polar surface area (TPSA) is 139 Å². The summed E-state index contributed by atoms with van der Waals surface area (Å²) < 4.78 is 23.5. The van der Waals surface area contributed by atoms with Gasteiger partial charge in [0.25, 0.3) is 0 Å². The standard InChI is InChI=1S/C37H43N3O9/c1-39(26(34(42)38-15-16-41)17-23-5-3-2-4-6-23)36(44)37-19-29-30-31(46-21-45-30)33(37)49-40(32(37)35(43)48-29)20-25-11-8-22(9-12-25)7-10-24-13-14-27-28(18-24)47-27/h2-12,24,26-33,41H,13-21H2,1H3,(H,38,42). The molecule has 8 rings (SSSR count). The number of amides is 2. The SMILES string of the molecule is CN(C(=O)C12CC3OC(=O)C1N(Cc1ccc(C=CC4CCC5OC5C4)cc1)OC2C1OCOC31)C(Cc1ccccc1)C(=O)NCCO. The highest BCUT2D eigenvalue weighted by molar-refractivity contribution is 5.96. The summed E-state index contributed by atoms with van der Waals surface area (Å²) in [5.74, 6) is -0.835. The number of aliphatic hydroxyl groups is 1. The van der Waals surface area contributed by atoms with Crippen molar-refractivity contribution >= 4 is 23.9 Å². The molecular formula is C37H43N3O9. The number of esters is 1. The Kier molecular flexibility index (Phi) is 8.79. The third kappa shape index (κ3) is 5.98. The van der Waals surface area contributed by atoms with Crippen LogP contribution in [0.5, 0.6) is 0 Å². The van der Waals surface area contributed by atoms with Gasteiger partial charge in [0.15, 0.2) is 6.04 Å². The molecule has 6 fully saturated rings. The van der Waals surface area contributed by atoms with E-state index in [9.17, 15) is 19.5 Å². The van der Waals surface area contributed by atoms with Crippen molar-refractivity contribution in [3.63, 3.8) is 0 Å². The van der Waals surface area contributed by atoms with E-state index >= 15 is 0 Å². The molecule has 4 saturated heterocycles. The van der Waals surface area contributed by atoms with E-state index < -0.39 is 59.7 Å². The zero-order valence-electron chi connectivity index (χ0n) is 27.5. The largest absolute Gasteiger partial charge is 0.458 e. The lowest BCUT2D eigenvalue weighted by molar-refractivity contribution is -0.204. The molecule has 0 aromatic heterocycles. The van der Waals surface area contributed by atoms with Gasteiger partial charge in [0.2, 0.25) is 11.8 Å². The van der Waals surface area contributed by atoms with Gasteiger partial charge in [0.05, 0.1) is 25.4 Å². The molecule has 6 aliphatic rings. The number of rotatable bonds is 11. The van der Waals surface area contributed by atoms with Crippen LogP contribution in [0.3, 0.4) is 0 Å². The number of hydrogen-bond donors (Lipinski definition) is 2. The van der Waals surface area contributed by atoms with Crippen molar-refractivity contribution in [1.29, 1.82) is 0 Å². The molecule has 12 nitrogen and oxygen atoms in total. The molecule has 0 spiro atoms. The summed E-state index contributed by atoms with van der Waals surface area (Å²) in [6.07, 6.45) is 6.36. The molecule has 2 aromatic carbocycles. The number of aliphatic hydroxyl groups excluding tert-OH is 1. The number of hydroxylamine groups is 2. The van der Waals surface area contributed by atoms with Crippen LogP contribution in [0.25, 0.3) is 6.08 Å². The van der Waals surface area contributed by atoms with Gasteiger partial charge in [-0.3, -0.25) is 19.2 Å². The van der Waals surface area contributed by atoms with Gasteiger partial charge in [-0.05, 0) is 41.9 Å². The van der Waals surface area contributed by atoms with E-state index in [1.165, 1.54) is 4.90 Å². The van der Waals surface area contributed by atoms with E-state index in [2.05, 4.69) is 17.5 Å². The van der Waals surface area contributed by atoms with Crippen LogP contribution < -0.4 is 5.32 Å². The van der Waals surface area contributed by atoms with Crippen molar-refractivity contribution in [2.45, 2.75) is 87.4 Å². The maximum atomic E-state index is 15.0. The van der Waals surface area contributed by atoms with Gasteiger partial charge < -0.3 is 34.3 Å². The number of allylic oxidation sites excluding steroid dienone is 1. The van der Waals surface area contributed by atoms with Gasteiger partial charge in [0, 0.05) is 26.4 Å². The van der Waals surface area contributed by atoms with Crippen LogP contribution in [0.15, 0.2) is 60.7 Å². The number of carbonyl (C=O) groups is 3. The van der Waals surface area contributed by atoms with Gasteiger partial charge in [-0.15, -0.1) is 0 Å². The highest BCUT2D eigenvalue weighted by Crippen LogP contribution is 2.56. The fourth-order valence-corrected chi connectivity index (χ4v) is 8.59. The predicted octanol–water partition coefficient (Wildman–Crippen LogP) is 1.99. The Labute approximate surface area is 285 Å². The van der Waals surface area contributed by atoms with Crippen LogP contribution >= 0.6 is 0 Å². The Morgan fingerprint density at radius 3 is 2.61 bits per heavy atom. The molecular weight excluding hydrogens is 630 g/mol. The maximum Gasteiger partial charge on any atom is 0.327 e. The van der Waals surface area contributed by atoms with Crippen molar-refractivity contribution in [2.24, 2.45) is 11.3 Å². The highest BCUT2D eigenvalue weighted by atomic mass is 16.8. The Balaban J connectivity index is 1.06. The normalized spacial score (nSPS) is 34.9. The van der Waals surface area contributed by atoms with Gasteiger partial charge in [-0.25, -0.2) is 0 Å². The molecule has 2 saturated carbocycles. The molecule has 49 heavy (non-hydrogen) atoms. The Morgan fingerprint density at radius 1 is 1.04 bits per heavy atom. The first-order valence-corrected chi connectivity index (χ1v) is 17.3. The molecule has 2 aromatic rings. The molecule has 2 aliphatic carbocycles. The minimum Gasteiger partial charge on any atom is -0.458 e. The molecule has 2 bridgehead atoms. The second kappa shape index (κ2) is 13.2. The zero-order valence-corrected chi connectivity index (χ0v) is 27.5. The number of fused-ring (bicyclic) bond motifs is 5. The molecule has 0 radical (unpaired) electrons. The summed E-state index contributed by atoms with van der Waals surface area (Å²) in [4.78, 5) is 50.4. The van der Waals surface area contributed by atoms with Crippen LogP contribution in [0.1, 0.15) is 42.4 Å². The third-order valence-electron chi connectivity index (χ3n) is 11.2. The lowest BCUT2D eigenvalue weighted by Gasteiger charge is -2.50. The summed E-state index contributed by atoms with van der Waals surface area (Å²) in [7, 11) is 1.59. The number of nitrogens with zero attached hydrogens (tertiary/aromatic N) is 2. The van der Waals surface area contributed by atoms with Crippen molar-refractivity contribution in [2.75, 3.05) is 27.0 Å². The van der Waals surface area contributed by atoms with E-state index in [0.717, 1.165) is 36.0 Å². The summed E-state index contributed by atoms with van der Waals surface area (Å²) in [5, 5.41) is 13.7. The van der Waals surface area contributed by atoms with Gasteiger partial charge >= 0.3 is 5.97 Å². The summed E-state index contributed by atoms with van der Waals surface area (Å²) in [6, 6.07) is 15.6. The summed E-state index contributed by atoms with van der Waals surface area (Å²) >= 11 is 0. The van der Waals surface area contributed by atoms with Gasteiger partial charge in [-0.1, -0.05) is 66.7 Å². The Morgan fingerprint density at radius 2 is 1.84 bits per heavy atom. The summed E-state index contributed by atoms with van der Waals surface area (Å²) in [6.45, 7) is 0.0434. The molecule has 2 N–H and O–H groups in total. The highest BCUT2D eigenvalue weighted by Gasteiger charge is 2.75. The maximum absolute atomic E-state index is 15.0. The first-order chi connectivity index (χ1) is 23.9. The smallest absolute Gasteiger partial charge is 0.327 e. The van der Waals surface area contributed by atoms with Crippen molar-refractivity contribution < 1.29 is 43.3 Å². The first-order valence-electron chi connectivity index (χ1n) is 17.3. The molecule has 10 unspecified atom stereocenters. The lowest BCUT2D eigenvalue weighted by Crippen LogP contribution is -2.70. The number of epoxide rings is 1. The van der Waals surface area contributed by atoms with Crippen LogP contribution in [-0.4, -0.2) is 109 Å². The van der Waals surface area contributed by atoms with E-state index in [0.29, 0.717) is 18.1 Å². The quantitative estimate of drug-likeness (QED) is 0.269. The monoisotopic (exact) mass is 673 g/mol. The van der Waals surface area contributed by atoms with Crippen LogP contribution in [-0.2, 0) is 51.1 Å². The van der Waals surface area contributed by atoms with E-state index in [-0.39, 0.29) is 39.3 Å². The molecule has 260 valence electrons. The predicted molar refractivity (Wildman–Crippen MR) is 174 cm³/mol. The Bertz CT molecular complexity index is 1590. The van der Waals surface area contributed by atoms with E-state index in [1.807, 2.05) is 54.6 Å². The second-order valence-electron chi connectivity index (χ2n) is 14.1. The van der Waals surface area contributed by atoms with Crippen molar-refractivity contribution in [3.05, 3.63) is 77.4 Å². The number of hydrogen-bond acceptors (Lipinski definition) is 10. The van der Waals surface area contributed by atoms with Gasteiger partial charge in [0.1, 0.15) is 42.7 Å². The fourth-order valence-electron chi connectivity index (χ4n) is 8.59. The Hall–Kier alpha value is -3.65. The molecule has 4 heterocycles. The van der Waals surface area contributed by atoms with Crippen LogP contribution in [0, 0.1) is 11.3 Å². The van der Waals surface area contributed by atoms with Crippen molar-refractivity contribution in [1.82, 2.24) is 15.3 Å². The van der Waals surface area contributed by atoms with Crippen LogP contribution in [0.2, 0.25) is 0 Å². The van der Waals surface area contributed by atoms with E-state index in [4.69, 9.17) is 23.8 Å². The molecule has 2 amide bonds. The van der Waals surface area contributed by atoms with E-state index in [1.54, 1.807) is 12.1 Å². The minimum atomic E-state index is -1.39. The number of likely N-dealkylation sites (N-methyl/N-ethyl adjacent to an activating group) is 1. The number of carbonyl (C=O) groups excluding carboxylic acids is 3. The second-order valence-corrected chi connectivity index (χ2v) is 14.1. The van der Waals surface area contributed by atoms with Crippen LogP contribution in [0.4, 0.5) is 0 Å². The zero-order chi connectivity index (χ0) is 33.7. The lowest BCUT2D eigenvalue weighted by atomic mass is 9.62. The third-order valence-corrected chi connectivity index (χ3v) is 11.2. The fraction of sp³-hybridized carbons (Fsp3) is 0.541. The average Bonchev–Trinajstić information content (AvgIpc) is 3.56. The van der Waals surface area contributed by atoms with Gasteiger partial charge in [-0.2, -0.15) is 5.06 Å². The minimum absolute atomic E-state index is 0.00167. The molecule has 4 aliphatic heterocycles. The number of ether oxygens (including phenoxy) is 4. The van der Waals surface area contributed by atoms with Crippen molar-refractivity contribution in [3.8, 4) is 0 Å².